The van der Waals surface area contributed by atoms with Crippen LogP contribution in [0.3, 0.4) is 0 Å². The van der Waals surface area contributed by atoms with Gasteiger partial charge in [0, 0.05) is 12.8 Å². The fourth-order valence-corrected chi connectivity index (χ4v) is 4.63. The Balaban J connectivity index is 3.64. The van der Waals surface area contributed by atoms with Crippen molar-refractivity contribution < 1.29 is 29.3 Å². The molecule has 0 amide bonds. The maximum Gasteiger partial charge on any atom is 0.305 e. The van der Waals surface area contributed by atoms with Gasteiger partial charge in [-0.1, -0.05) is 146 Å². The first-order valence-electron chi connectivity index (χ1n) is 17.8. The lowest BCUT2D eigenvalue weighted by Crippen LogP contribution is -2.25. The summed E-state index contributed by atoms with van der Waals surface area (Å²) in [6, 6.07) is 0. The van der Waals surface area contributed by atoms with E-state index in [0.29, 0.717) is 19.3 Å². The molecule has 0 saturated heterocycles. The van der Waals surface area contributed by atoms with Crippen molar-refractivity contribution in [2.45, 2.75) is 167 Å². The van der Waals surface area contributed by atoms with E-state index < -0.39 is 12.2 Å². The first-order chi connectivity index (χ1) is 21.5. The summed E-state index contributed by atoms with van der Waals surface area (Å²) in [5.41, 5.74) is 0. The number of aliphatic hydroxyl groups excluding tert-OH is 2. The molecule has 0 rings (SSSR count). The van der Waals surface area contributed by atoms with Crippen LogP contribution in [0.25, 0.3) is 0 Å². The third-order valence-electron chi connectivity index (χ3n) is 7.40. The Morgan fingerprint density at radius 3 is 1.68 bits per heavy atom. The molecule has 0 aliphatic carbocycles. The highest BCUT2D eigenvalue weighted by atomic mass is 16.6. The molecule has 0 unspecified atom stereocenters. The molecule has 254 valence electrons. The van der Waals surface area contributed by atoms with Crippen LogP contribution in [0, 0.1) is 0 Å². The Morgan fingerprint density at radius 2 is 1.07 bits per heavy atom. The van der Waals surface area contributed by atoms with E-state index in [1.807, 2.05) is 36.5 Å². The lowest BCUT2D eigenvalue weighted by atomic mass is 10.0. The minimum atomic E-state index is -1.00. The monoisotopic (exact) mass is 618 g/mol. The summed E-state index contributed by atoms with van der Waals surface area (Å²) in [6.45, 7) is 4.13. The zero-order valence-corrected chi connectivity index (χ0v) is 28.3. The second kappa shape index (κ2) is 33.7. The Morgan fingerprint density at radius 1 is 0.568 bits per heavy atom. The van der Waals surface area contributed by atoms with Gasteiger partial charge in [-0.15, -0.1) is 0 Å². The fourth-order valence-electron chi connectivity index (χ4n) is 4.63. The lowest BCUT2D eigenvalue weighted by molar-refractivity contribution is -0.152. The number of unbranched alkanes of at least 4 members (excludes halogenated alkanes) is 15. The number of allylic oxidation sites excluding steroid dienone is 6. The van der Waals surface area contributed by atoms with Crippen molar-refractivity contribution >= 4 is 11.9 Å². The van der Waals surface area contributed by atoms with Gasteiger partial charge in [-0.2, -0.15) is 0 Å². The van der Waals surface area contributed by atoms with Crippen molar-refractivity contribution in [1.82, 2.24) is 0 Å². The Labute approximate surface area is 270 Å². The number of ether oxygens (including phenoxy) is 2. The SMILES string of the molecule is CCCCC/C=C\C[C@@H](O)/C=C/C=C\C/C=C\CCCC(=O)OC[C@H](O)COC(=O)CCCCCCCCCCCCCC. The summed E-state index contributed by atoms with van der Waals surface area (Å²) >= 11 is 0. The minimum Gasteiger partial charge on any atom is -0.463 e. The smallest absolute Gasteiger partial charge is 0.305 e. The van der Waals surface area contributed by atoms with Gasteiger partial charge in [-0.25, -0.2) is 0 Å². The van der Waals surface area contributed by atoms with Crippen molar-refractivity contribution in [3.05, 3.63) is 48.6 Å². The Kier molecular flexibility index (Phi) is 32.0. The van der Waals surface area contributed by atoms with Gasteiger partial charge in [0.15, 0.2) is 0 Å². The van der Waals surface area contributed by atoms with E-state index in [1.54, 1.807) is 6.08 Å². The van der Waals surface area contributed by atoms with E-state index in [4.69, 9.17) is 9.47 Å². The molecular weight excluding hydrogens is 552 g/mol. The molecular formula is C38H66O6. The molecule has 0 aromatic heterocycles. The molecule has 0 aliphatic rings. The third-order valence-corrected chi connectivity index (χ3v) is 7.40. The van der Waals surface area contributed by atoms with Crippen LogP contribution in [-0.2, 0) is 19.1 Å². The van der Waals surface area contributed by atoms with Gasteiger partial charge in [0.2, 0.25) is 0 Å². The summed E-state index contributed by atoms with van der Waals surface area (Å²) in [4.78, 5) is 23.8. The van der Waals surface area contributed by atoms with E-state index >= 15 is 0 Å². The van der Waals surface area contributed by atoms with Crippen LogP contribution in [0.15, 0.2) is 48.6 Å². The Bertz CT molecular complexity index is 769. The normalized spacial score (nSPS) is 13.5. The fraction of sp³-hybridized carbons (Fsp3) is 0.737. The molecule has 0 radical (unpaired) electrons. The molecule has 0 spiro atoms. The first-order valence-corrected chi connectivity index (χ1v) is 17.8. The summed E-state index contributed by atoms with van der Waals surface area (Å²) < 4.78 is 10.2. The standard InChI is InChI=1S/C38H66O6/c1-3-5-7-9-11-12-13-14-15-19-23-27-31-37(41)43-33-36(40)34-44-38(42)32-28-24-20-17-16-18-22-26-30-35(39)29-25-21-10-8-6-4-2/h17-18,20-22,25-26,30,35-36,39-40H,3-16,19,23-24,27-29,31-34H2,1-2H3/b20-17-,22-18-,25-21-,30-26+/t35-,36-/m1/s1. The van der Waals surface area contributed by atoms with E-state index in [1.165, 1.54) is 77.0 Å². The summed E-state index contributed by atoms with van der Waals surface area (Å²) in [6.07, 6.45) is 37.6. The largest absolute Gasteiger partial charge is 0.463 e. The van der Waals surface area contributed by atoms with Crippen molar-refractivity contribution in [1.29, 1.82) is 0 Å². The first kappa shape index (κ1) is 41.8. The number of carbonyl (C=O) groups excluding carboxylic acids is 2. The topological polar surface area (TPSA) is 93.1 Å². The maximum atomic E-state index is 11.9. The van der Waals surface area contributed by atoms with Crippen LogP contribution in [0.1, 0.15) is 155 Å². The summed E-state index contributed by atoms with van der Waals surface area (Å²) in [7, 11) is 0. The number of rotatable bonds is 31. The molecule has 6 nitrogen and oxygen atoms in total. The van der Waals surface area contributed by atoms with Crippen LogP contribution >= 0.6 is 0 Å². The third kappa shape index (κ3) is 32.7. The van der Waals surface area contributed by atoms with Gasteiger partial charge in [-0.05, 0) is 44.9 Å². The van der Waals surface area contributed by atoms with Crippen LogP contribution in [0.2, 0.25) is 0 Å². The predicted octanol–water partition coefficient (Wildman–Crippen LogP) is 9.64. The average Bonchev–Trinajstić information content (AvgIpc) is 3.02. The molecule has 2 N–H and O–H groups in total. The molecule has 2 atom stereocenters. The lowest BCUT2D eigenvalue weighted by Gasteiger charge is -2.12. The molecule has 0 aromatic carbocycles. The average molecular weight is 619 g/mol. The molecule has 0 bridgehead atoms. The summed E-state index contributed by atoms with van der Waals surface area (Å²) in [5.74, 6) is -0.668. The van der Waals surface area contributed by atoms with Crippen molar-refractivity contribution in [2.75, 3.05) is 13.2 Å². The number of esters is 2. The molecule has 0 aliphatic heterocycles. The van der Waals surface area contributed by atoms with Crippen LogP contribution in [0.5, 0.6) is 0 Å². The zero-order valence-electron chi connectivity index (χ0n) is 28.3. The Hall–Kier alpha value is -2.18. The van der Waals surface area contributed by atoms with Crippen molar-refractivity contribution in [2.24, 2.45) is 0 Å². The molecule has 0 aromatic rings. The number of hydrogen-bond acceptors (Lipinski definition) is 6. The minimum absolute atomic E-state index is 0.148. The van der Waals surface area contributed by atoms with E-state index in [-0.39, 0.29) is 31.6 Å². The maximum absolute atomic E-state index is 11.9. The number of carbonyl (C=O) groups is 2. The predicted molar refractivity (Wildman–Crippen MR) is 183 cm³/mol. The number of aliphatic hydroxyl groups is 2. The van der Waals surface area contributed by atoms with E-state index in [9.17, 15) is 19.8 Å². The van der Waals surface area contributed by atoms with Crippen LogP contribution in [0.4, 0.5) is 0 Å². The second-order valence-electron chi connectivity index (χ2n) is 11.8. The highest BCUT2D eigenvalue weighted by Crippen LogP contribution is 2.13. The summed E-state index contributed by atoms with van der Waals surface area (Å²) in [5, 5.41) is 19.9. The molecule has 6 heteroatoms. The van der Waals surface area contributed by atoms with Crippen LogP contribution in [-0.4, -0.2) is 47.6 Å². The van der Waals surface area contributed by atoms with Gasteiger partial charge in [0.25, 0.3) is 0 Å². The van der Waals surface area contributed by atoms with Crippen molar-refractivity contribution in [3.8, 4) is 0 Å². The van der Waals surface area contributed by atoms with E-state index in [2.05, 4.69) is 19.9 Å². The van der Waals surface area contributed by atoms with Crippen molar-refractivity contribution in [3.63, 3.8) is 0 Å². The van der Waals surface area contributed by atoms with Gasteiger partial charge in [-0.3, -0.25) is 9.59 Å². The molecule has 0 fully saturated rings. The van der Waals surface area contributed by atoms with Crippen LogP contribution < -0.4 is 0 Å². The highest BCUT2D eigenvalue weighted by Gasteiger charge is 2.12. The van der Waals surface area contributed by atoms with Gasteiger partial charge in [0.05, 0.1) is 6.10 Å². The molecule has 44 heavy (non-hydrogen) atoms. The van der Waals surface area contributed by atoms with Gasteiger partial charge >= 0.3 is 11.9 Å². The van der Waals surface area contributed by atoms with Gasteiger partial charge in [0.1, 0.15) is 19.3 Å². The second-order valence-corrected chi connectivity index (χ2v) is 11.8. The zero-order chi connectivity index (χ0) is 32.4. The van der Waals surface area contributed by atoms with E-state index in [0.717, 1.165) is 38.5 Å². The molecule has 0 saturated carbocycles. The quantitative estimate of drug-likeness (QED) is 0.0348. The molecule has 0 heterocycles. The van der Waals surface area contributed by atoms with Gasteiger partial charge < -0.3 is 19.7 Å². The highest BCUT2D eigenvalue weighted by molar-refractivity contribution is 5.69. The number of hydrogen-bond donors (Lipinski definition) is 2.